The first-order chi connectivity index (χ1) is 11.6. The molecule has 0 aliphatic heterocycles. The second-order valence-corrected chi connectivity index (χ2v) is 6.78. The lowest BCUT2D eigenvalue weighted by Crippen LogP contribution is -2.50. The van der Waals surface area contributed by atoms with Gasteiger partial charge in [-0.15, -0.1) is 10.2 Å². The van der Waals surface area contributed by atoms with Crippen molar-refractivity contribution in [1.29, 1.82) is 0 Å². The van der Waals surface area contributed by atoms with Crippen molar-refractivity contribution >= 4 is 11.7 Å². The van der Waals surface area contributed by atoms with Crippen LogP contribution in [0.15, 0.2) is 24.4 Å². The van der Waals surface area contributed by atoms with Crippen LogP contribution in [0.2, 0.25) is 0 Å². The van der Waals surface area contributed by atoms with E-state index in [0.717, 1.165) is 31.3 Å². The van der Waals surface area contributed by atoms with Gasteiger partial charge in [-0.25, -0.2) is 4.79 Å². The number of fused-ring (bicyclic) bond motifs is 1. The summed E-state index contributed by atoms with van der Waals surface area (Å²) in [5.74, 6) is 0.861. The third-order valence-electron chi connectivity index (χ3n) is 4.62. The Morgan fingerprint density at radius 1 is 1.29 bits per heavy atom. The number of amides is 2. The van der Waals surface area contributed by atoms with Gasteiger partial charge in [0, 0.05) is 6.20 Å². The molecule has 1 fully saturated rings. The summed E-state index contributed by atoms with van der Waals surface area (Å²) in [5.41, 5.74) is 0.753. The van der Waals surface area contributed by atoms with Crippen molar-refractivity contribution in [3.8, 4) is 0 Å². The number of hydrogen-bond donors (Lipinski definition) is 3. The molecular formula is C17H25N5O2. The van der Waals surface area contributed by atoms with E-state index in [1.54, 1.807) is 0 Å². The smallest absolute Gasteiger partial charge is 0.315 e. The predicted molar refractivity (Wildman–Crippen MR) is 90.5 cm³/mol. The van der Waals surface area contributed by atoms with Gasteiger partial charge in [0.05, 0.1) is 18.2 Å². The molecule has 0 saturated heterocycles. The van der Waals surface area contributed by atoms with E-state index >= 15 is 0 Å². The summed E-state index contributed by atoms with van der Waals surface area (Å²) in [4.78, 5) is 12.4. The van der Waals surface area contributed by atoms with Gasteiger partial charge in [-0.05, 0) is 30.9 Å². The average Bonchev–Trinajstić information content (AvgIpc) is 2.98. The van der Waals surface area contributed by atoms with E-state index < -0.39 is 6.10 Å². The molecular weight excluding hydrogens is 306 g/mol. The predicted octanol–water partition coefficient (Wildman–Crippen LogP) is 2.03. The molecule has 7 heteroatoms. The molecule has 3 unspecified atom stereocenters. The molecule has 1 aliphatic carbocycles. The van der Waals surface area contributed by atoms with Gasteiger partial charge in [-0.1, -0.05) is 32.8 Å². The molecule has 0 bridgehead atoms. The number of nitrogens with one attached hydrogen (secondary N) is 2. The maximum Gasteiger partial charge on any atom is 0.315 e. The van der Waals surface area contributed by atoms with Crippen LogP contribution in [0.25, 0.3) is 5.65 Å². The van der Waals surface area contributed by atoms with Crippen LogP contribution >= 0.6 is 0 Å². The fourth-order valence-corrected chi connectivity index (χ4v) is 3.23. The van der Waals surface area contributed by atoms with Crippen LogP contribution in [0, 0.1) is 5.92 Å². The first-order valence-corrected chi connectivity index (χ1v) is 8.61. The summed E-state index contributed by atoms with van der Waals surface area (Å²) in [6, 6.07) is 4.99. The Balaban J connectivity index is 1.73. The molecule has 24 heavy (non-hydrogen) atoms. The molecule has 0 spiro atoms. The van der Waals surface area contributed by atoms with E-state index in [1.807, 2.05) is 42.6 Å². The van der Waals surface area contributed by atoms with Gasteiger partial charge < -0.3 is 15.7 Å². The minimum absolute atomic E-state index is 0.152. The maximum atomic E-state index is 12.4. The van der Waals surface area contributed by atoms with E-state index in [9.17, 15) is 9.90 Å². The number of aromatic nitrogens is 3. The van der Waals surface area contributed by atoms with Crippen molar-refractivity contribution in [2.45, 2.75) is 57.7 Å². The second kappa shape index (κ2) is 7.17. The Bertz CT molecular complexity index is 699. The Labute approximate surface area is 141 Å². The Morgan fingerprint density at radius 3 is 2.83 bits per heavy atom. The van der Waals surface area contributed by atoms with Crippen molar-refractivity contribution in [1.82, 2.24) is 25.2 Å². The maximum absolute atomic E-state index is 12.4. The van der Waals surface area contributed by atoms with Crippen LogP contribution in [0.4, 0.5) is 4.79 Å². The normalized spacial score (nSPS) is 22.5. The Morgan fingerprint density at radius 2 is 2.08 bits per heavy atom. The van der Waals surface area contributed by atoms with Gasteiger partial charge in [0.25, 0.3) is 0 Å². The van der Waals surface area contributed by atoms with Gasteiger partial charge in [0.2, 0.25) is 0 Å². The quantitative estimate of drug-likeness (QED) is 0.799. The summed E-state index contributed by atoms with van der Waals surface area (Å²) in [6.07, 6.45) is 5.04. The first kappa shape index (κ1) is 16.7. The van der Waals surface area contributed by atoms with Gasteiger partial charge in [0.1, 0.15) is 0 Å². The summed E-state index contributed by atoms with van der Waals surface area (Å²) in [6.45, 7) is 4.06. The number of rotatable bonds is 4. The summed E-state index contributed by atoms with van der Waals surface area (Å²) in [7, 11) is 0. The van der Waals surface area contributed by atoms with E-state index in [-0.39, 0.29) is 24.0 Å². The Hall–Kier alpha value is -2.15. The van der Waals surface area contributed by atoms with Gasteiger partial charge in [-0.3, -0.25) is 4.40 Å². The van der Waals surface area contributed by atoms with Crippen LogP contribution in [0.5, 0.6) is 0 Å². The topological polar surface area (TPSA) is 91.5 Å². The molecule has 2 amide bonds. The van der Waals surface area contributed by atoms with Crippen LogP contribution in [0.3, 0.4) is 0 Å². The molecule has 130 valence electrons. The SMILES string of the molecule is CC(C)C(NC(=O)NC1CCCCC1O)c1nnc2ccccn12. The largest absolute Gasteiger partial charge is 0.391 e. The van der Waals surface area contributed by atoms with Crippen LogP contribution in [-0.4, -0.2) is 37.9 Å². The van der Waals surface area contributed by atoms with E-state index in [2.05, 4.69) is 20.8 Å². The lowest BCUT2D eigenvalue weighted by Gasteiger charge is -2.29. The fourth-order valence-electron chi connectivity index (χ4n) is 3.23. The molecule has 3 rings (SSSR count). The average molecular weight is 331 g/mol. The molecule has 2 aromatic rings. The standard InChI is InChI=1S/C17H25N5O2/c1-11(2)15(16-21-20-14-9-5-6-10-22(14)16)19-17(24)18-12-7-3-4-8-13(12)23/h5-6,9-13,15,23H,3-4,7-8H2,1-2H3,(H2,18,19,24). The number of aliphatic hydroxyl groups excluding tert-OH is 1. The highest BCUT2D eigenvalue weighted by atomic mass is 16.3. The molecule has 7 nitrogen and oxygen atoms in total. The van der Waals surface area contributed by atoms with Gasteiger partial charge in [-0.2, -0.15) is 0 Å². The van der Waals surface area contributed by atoms with Crippen molar-refractivity contribution in [2.75, 3.05) is 0 Å². The minimum Gasteiger partial charge on any atom is -0.391 e. The zero-order chi connectivity index (χ0) is 17.1. The van der Waals surface area contributed by atoms with Gasteiger partial charge >= 0.3 is 6.03 Å². The lowest BCUT2D eigenvalue weighted by atomic mass is 9.93. The fraction of sp³-hybridized carbons (Fsp3) is 0.588. The molecule has 3 N–H and O–H groups in total. The van der Waals surface area contributed by atoms with E-state index in [0.29, 0.717) is 5.82 Å². The first-order valence-electron chi connectivity index (χ1n) is 8.61. The molecule has 0 radical (unpaired) electrons. The van der Waals surface area contributed by atoms with Crippen molar-refractivity contribution < 1.29 is 9.90 Å². The number of hydrogen-bond acceptors (Lipinski definition) is 4. The molecule has 1 saturated carbocycles. The van der Waals surface area contributed by atoms with Crippen LogP contribution in [0.1, 0.15) is 51.4 Å². The summed E-state index contributed by atoms with van der Waals surface area (Å²) >= 11 is 0. The molecule has 2 heterocycles. The third kappa shape index (κ3) is 3.51. The van der Waals surface area contributed by atoms with Crippen molar-refractivity contribution in [3.05, 3.63) is 30.2 Å². The van der Waals surface area contributed by atoms with E-state index in [1.165, 1.54) is 0 Å². The molecule has 3 atom stereocenters. The third-order valence-corrected chi connectivity index (χ3v) is 4.62. The number of aliphatic hydroxyl groups is 1. The summed E-state index contributed by atoms with van der Waals surface area (Å²) in [5, 5.41) is 24.3. The van der Waals surface area contributed by atoms with Crippen LogP contribution in [-0.2, 0) is 0 Å². The number of carbonyl (C=O) groups is 1. The summed E-state index contributed by atoms with van der Waals surface area (Å²) < 4.78 is 1.89. The highest BCUT2D eigenvalue weighted by Crippen LogP contribution is 2.22. The van der Waals surface area contributed by atoms with Gasteiger partial charge in [0.15, 0.2) is 11.5 Å². The number of urea groups is 1. The second-order valence-electron chi connectivity index (χ2n) is 6.78. The number of nitrogens with zero attached hydrogens (tertiary/aromatic N) is 3. The van der Waals surface area contributed by atoms with Crippen LogP contribution < -0.4 is 10.6 Å². The molecule has 2 aromatic heterocycles. The van der Waals surface area contributed by atoms with Crippen molar-refractivity contribution in [3.63, 3.8) is 0 Å². The van der Waals surface area contributed by atoms with E-state index in [4.69, 9.17) is 0 Å². The minimum atomic E-state index is -0.462. The highest BCUT2D eigenvalue weighted by Gasteiger charge is 2.27. The number of carbonyl (C=O) groups excluding carboxylic acids is 1. The highest BCUT2D eigenvalue weighted by molar-refractivity contribution is 5.74. The molecule has 1 aliphatic rings. The monoisotopic (exact) mass is 331 g/mol. The lowest BCUT2D eigenvalue weighted by molar-refractivity contribution is 0.0937. The van der Waals surface area contributed by atoms with Crippen molar-refractivity contribution in [2.24, 2.45) is 5.92 Å². The molecule has 0 aromatic carbocycles. The zero-order valence-corrected chi connectivity index (χ0v) is 14.1. The zero-order valence-electron chi connectivity index (χ0n) is 14.1. The number of pyridine rings is 1. The Kier molecular flexibility index (Phi) is 4.99.